The van der Waals surface area contributed by atoms with E-state index in [1.807, 2.05) is 6.20 Å². The number of nitrogens with zero attached hydrogens (tertiary/aromatic N) is 2. The number of halogens is 1. The van der Waals surface area contributed by atoms with Crippen molar-refractivity contribution in [3.8, 4) is 11.3 Å². The minimum Gasteiger partial charge on any atom is -0.392 e. The first-order valence-electron chi connectivity index (χ1n) is 5.73. The standard InChI is InChI=1S/C13H13FN2O/c14-10-4-3-9(8-17)11(6-10)12-7-16-5-1-2-13(16)15-12/h3-4,6-7,17H,1-2,5,8H2. The molecule has 0 atom stereocenters. The molecule has 4 heteroatoms. The first-order valence-corrected chi connectivity index (χ1v) is 5.73. The van der Waals surface area contributed by atoms with Crippen LogP contribution in [0, 0.1) is 5.82 Å². The number of hydrogen-bond acceptors (Lipinski definition) is 2. The largest absolute Gasteiger partial charge is 0.392 e. The number of aliphatic hydroxyl groups excluding tert-OH is 1. The SMILES string of the molecule is OCc1ccc(F)cc1-c1cn2c(n1)CCC2. The van der Waals surface area contributed by atoms with Crippen molar-refractivity contribution in [1.29, 1.82) is 0 Å². The maximum absolute atomic E-state index is 13.3. The Balaban J connectivity index is 2.10. The molecule has 0 spiro atoms. The van der Waals surface area contributed by atoms with E-state index in [2.05, 4.69) is 9.55 Å². The van der Waals surface area contributed by atoms with Crippen LogP contribution in [0.25, 0.3) is 11.3 Å². The molecular weight excluding hydrogens is 219 g/mol. The first kappa shape index (κ1) is 10.5. The van der Waals surface area contributed by atoms with Crippen molar-refractivity contribution in [3.63, 3.8) is 0 Å². The quantitative estimate of drug-likeness (QED) is 0.861. The summed E-state index contributed by atoms with van der Waals surface area (Å²) in [5, 5.41) is 9.26. The fraction of sp³-hybridized carbons (Fsp3) is 0.308. The molecule has 0 saturated carbocycles. The molecule has 1 aliphatic rings. The van der Waals surface area contributed by atoms with Crippen LogP contribution in [0.5, 0.6) is 0 Å². The molecule has 1 aliphatic heterocycles. The van der Waals surface area contributed by atoms with Crippen LogP contribution in [0.3, 0.4) is 0 Å². The Morgan fingerprint density at radius 2 is 2.29 bits per heavy atom. The van der Waals surface area contributed by atoms with Crippen molar-refractivity contribution in [1.82, 2.24) is 9.55 Å². The Labute approximate surface area is 98.5 Å². The summed E-state index contributed by atoms with van der Waals surface area (Å²) in [7, 11) is 0. The minimum absolute atomic E-state index is 0.0994. The Kier molecular flexibility index (Phi) is 2.44. The van der Waals surface area contributed by atoms with Crippen LogP contribution in [-0.2, 0) is 19.6 Å². The average molecular weight is 232 g/mol. The molecule has 0 radical (unpaired) electrons. The zero-order chi connectivity index (χ0) is 11.8. The Hall–Kier alpha value is -1.68. The lowest BCUT2D eigenvalue weighted by atomic mass is 10.1. The lowest BCUT2D eigenvalue weighted by molar-refractivity contribution is 0.282. The molecule has 1 aromatic carbocycles. The molecule has 1 aromatic heterocycles. The molecule has 88 valence electrons. The van der Waals surface area contributed by atoms with Gasteiger partial charge in [-0.05, 0) is 24.1 Å². The van der Waals surface area contributed by atoms with E-state index >= 15 is 0 Å². The van der Waals surface area contributed by atoms with E-state index < -0.39 is 0 Å². The summed E-state index contributed by atoms with van der Waals surface area (Å²) in [4.78, 5) is 4.50. The summed E-state index contributed by atoms with van der Waals surface area (Å²) in [6.07, 6.45) is 4.04. The van der Waals surface area contributed by atoms with Crippen LogP contribution >= 0.6 is 0 Å². The number of benzene rings is 1. The van der Waals surface area contributed by atoms with Crippen molar-refractivity contribution in [2.45, 2.75) is 26.0 Å². The van der Waals surface area contributed by atoms with E-state index in [1.54, 1.807) is 6.07 Å². The number of aryl methyl sites for hydroxylation is 2. The Bertz CT molecular complexity index is 541. The third kappa shape index (κ3) is 1.74. The minimum atomic E-state index is -0.301. The van der Waals surface area contributed by atoms with Gasteiger partial charge in [-0.2, -0.15) is 0 Å². The third-order valence-electron chi connectivity index (χ3n) is 3.18. The predicted molar refractivity (Wildman–Crippen MR) is 61.9 cm³/mol. The lowest BCUT2D eigenvalue weighted by Gasteiger charge is -2.04. The fourth-order valence-corrected chi connectivity index (χ4v) is 2.31. The highest BCUT2D eigenvalue weighted by Crippen LogP contribution is 2.26. The molecule has 2 aromatic rings. The fourth-order valence-electron chi connectivity index (χ4n) is 2.31. The van der Waals surface area contributed by atoms with Crippen molar-refractivity contribution in [2.24, 2.45) is 0 Å². The van der Waals surface area contributed by atoms with Crippen LogP contribution in [0.2, 0.25) is 0 Å². The predicted octanol–water partition coefficient (Wildman–Crippen LogP) is 2.13. The van der Waals surface area contributed by atoms with E-state index in [1.165, 1.54) is 12.1 Å². The second-order valence-electron chi connectivity index (χ2n) is 4.30. The summed E-state index contributed by atoms with van der Waals surface area (Å²) in [6, 6.07) is 4.40. The molecule has 0 amide bonds. The van der Waals surface area contributed by atoms with Gasteiger partial charge >= 0.3 is 0 Å². The highest BCUT2D eigenvalue weighted by molar-refractivity contribution is 5.63. The normalized spacial score (nSPS) is 14.0. The van der Waals surface area contributed by atoms with Gasteiger partial charge in [0, 0.05) is 24.7 Å². The summed E-state index contributed by atoms with van der Waals surface area (Å²) >= 11 is 0. The summed E-state index contributed by atoms with van der Waals surface area (Å²) in [6.45, 7) is 0.879. The molecule has 0 saturated heterocycles. The van der Waals surface area contributed by atoms with Gasteiger partial charge in [0.1, 0.15) is 11.6 Å². The van der Waals surface area contributed by atoms with Gasteiger partial charge < -0.3 is 9.67 Å². The van der Waals surface area contributed by atoms with Crippen molar-refractivity contribution in [2.75, 3.05) is 0 Å². The van der Waals surface area contributed by atoms with Gasteiger partial charge in [0.05, 0.1) is 12.3 Å². The zero-order valence-electron chi connectivity index (χ0n) is 9.36. The second kappa shape index (κ2) is 3.96. The monoisotopic (exact) mass is 232 g/mol. The van der Waals surface area contributed by atoms with Gasteiger partial charge in [-0.25, -0.2) is 9.37 Å². The number of aliphatic hydroxyl groups is 1. The van der Waals surface area contributed by atoms with E-state index in [0.717, 1.165) is 30.9 Å². The van der Waals surface area contributed by atoms with Gasteiger partial charge in [-0.1, -0.05) is 6.07 Å². The molecule has 3 nitrogen and oxygen atoms in total. The summed E-state index contributed by atoms with van der Waals surface area (Å²) < 4.78 is 15.4. The van der Waals surface area contributed by atoms with Crippen molar-refractivity contribution >= 4 is 0 Å². The molecule has 0 bridgehead atoms. The van der Waals surface area contributed by atoms with Crippen LogP contribution in [0.1, 0.15) is 17.8 Å². The van der Waals surface area contributed by atoms with E-state index in [9.17, 15) is 9.50 Å². The highest BCUT2D eigenvalue weighted by Gasteiger charge is 2.16. The van der Waals surface area contributed by atoms with Crippen LogP contribution in [0.4, 0.5) is 4.39 Å². The van der Waals surface area contributed by atoms with Crippen molar-refractivity contribution in [3.05, 3.63) is 41.6 Å². The average Bonchev–Trinajstić information content (AvgIpc) is 2.88. The van der Waals surface area contributed by atoms with Gasteiger partial charge in [-0.15, -0.1) is 0 Å². The highest BCUT2D eigenvalue weighted by atomic mass is 19.1. The number of fused-ring (bicyclic) bond motifs is 1. The topological polar surface area (TPSA) is 38.0 Å². The number of aromatic nitrogens is 2. The molecule has 0 unspecified atom stereocenters. The smallest absolute Gasteiger partial charge is 0.123 e. The maximum Gasteiger partial charge on any atom is 0.123 e. The van der Waals surface area contributed by atoms with Gasteiger partial charge in [0.2, 0.25) is 0 Å². The van der Waals surface area contributed by atoms with E-state index in [0.29, 0.717) is 11.1 Å². The zero-order valence-corrected chi connectivity index (χ0v) is 9.36. The molecule has 0 aliphatic carbocycles. The Morgan fingerprint density at radius 1 is 1.41 bits per heavy atom. The van der Waals surface area contributed by atoms with E-state index in [-0.39, 0.29) is 12.4 Å². The molecular formula is C13H13FN2O. The summed E-state index contributed by atoms with van der Waals surface area (Å²) in [5.74, 6) is 0.749. The van der Waals surface area contributed by atoms with Gasteiger partial charge in [0.15, 0.2) is 0 Å². The summed E-state index contributed by atoms with van der Waals surface area (Å²) in [5.41, 5.74) is 2.15. The molecule has 3 rings (SSSR count). The van der Waals surface area contributed by atoms with Crippen molar-refractivity contribution < 1.29 is 9.50 Å². The molecule has 17 heavy (non-hydrogen) atoms. The van der Waals surface area contributed by atoms with Crippen LogP contribution in [-0.4, -0.2) is 14.7 Å². The van der Waals surface area contributed by atoms with E-state index in [4.69, 9.17) is 0 Å². The third-order valence-corrected chi connectivity index (χ3v) is 3.18. The number of rotatable bonds is 2. The van der Waals surface area contributed by atoms with Crippen LogP contribution < -0.4 is 0 Å². The maximum atomic E-state index is 13.3. The van der Waals surface area contributed by atoms with Gasteiger partial charge in [-0.3, -0.25) is 0 Å². The molecule has 1 N–H and O–H groups in total. The first-order chi connectivity index (χ1) is 8.28. The molecule has 2 heterocycles. The lowest BCUT2D eigenvalue weighted by Crippen LogP contribution is -1.92. The van der Waals surface area contributed by atoms with Gasteiger partial charge in [0.25, 0.3) is 0 Å². The second-order valence-corrected chi connectivity index (χ2v) is 4.30. The van der Waals surface area contributed by atoms with Crippen LogP contribution in [0.15, 0.2) is 24.4 Å². The number of imidazole rings is 1. The Morgan fingerprint density at radius 3 is 3.06 bits per heavy atom. The molecule has 0 fully saturated rings. The number of hydrogen-bond donors (Lipinski definition) is 1.